The lowest BCUT2D eigenvalue weighted by Gasteiger charge is -2.28. The van der Waals surface area contributed by atoms with E-state index < -0.39 is 29.3 Å². The predicted octanol–water partition coefficient (Wildman–Crippen LogP) is 3.96. The normalized spacial score (nSPS) is 19.7. The van der Waals surface area contributed by atoms with Crippen LogP contribution in [0.3, 0.4) is 0 Å². The first kappa shape index (κ1) is 29.9. The molecule has 1 saturated carbocycles. The highest BCUT2D eigenvalue weighted by molar-refractivity contribution is 6.31. The van der Waals surface area contributed by atoms with E-state index >= 15 is 0 Å². The highest BCUT2D eigenvalue weighted by Gasteiger charge is 2.53. The molecule has 6 rings (SSSR count). The number of amides is 1. The van der Waals surface area contributed by atoms with Crippen LogP contribution in [0.4, 0.5) is 24.8 Å². The molecule has 44 heavy (non-hydrogen) atoms. The van der Waals surface area contributed by atoms with Crippen molar-refractivity contribution < 1.29 is 23.1 Å². The Bertz CT molecular complexity index is 1660. The average Bonchev–Trinajstić information content (AvgIpc) is 3.50. The van der Waals surface area contributed by atoms with Gasteiger partial charge in [0.05, 0.1) is 48.1 Å². The molecule has 1 aliphatic heterocycles. The van der Waals surface area contributed by atoms with Crippen LogP contribution in [0.1, 0.15) is 41.4 Å². The fourth-order valence-electron chi connectivity index (χ4n) is 5.53. The Hall–Kier alpha value is -4.14. The van der Waals surface area contributed by atoms with E-state index in [9.17, 15) is 23.1 Å². The molecule has 4 atom stereocenters. The molecule has 0 radical (unpaired) electrons. The second kappa shape index (κ2) is 12.5. The van der Waals surface area contributed by atoms with Crippen molar-refractivity contribution in [2.45, 2.75) is 38.4 Å². The summed E-state index contributed by atoms with van der Waals surface area (Å²) in [5, 5.41) is 19.3. The maximum absolute atomic E-state index is 14.7. The van der Waals surface area contributed by atoms with Gasteiger partial charge in [-0.05, 0) is 31.2 Å². The molecule has 1 aliphatic carbocycles. The number of piperidine rings is 1. The van der Waals surface area contributed by atoms with Crippen molar-refractivity contribution in [2.24, 2.45) is 11.8 Å². The predicted molar refractivity (Wildman–Crippen MR) is 156 cm³/mol. The van der Waals surface area contributed by atoms with Crippen molar-refractivity contribution in [1.82, 2.24) is 35.0 Å². The van der Waals surface area contributed by atoms with E-state index in [0.717, 1.165) is 43.2 Å². The topological polar surface area (TPSA) is 134 Å². The fraction of sp³-hybridized carbons (Fsp3) is 0.379. The van der Waals surface area contributed by atoms with Gasteiger partial charge in [0.15, 0.2) is 5.82 Å². The smallest absolute Gasteiger partial charge is 0.275 e. The minimum atomic E-state index is -2.99. The zero-order valence-electron chi connectivity index (χ0n) is 23.5. The zero-order chi connectivity index (χ0) is 31.0. The van der Waals surface area contributed by atoms with E-state index in [0.29, 0.717) is 36.1 Å². The Morgan fingerprint density at radius 3 is 2.73 bits per heavy atom. The SMILES string of the molecule is C[C@H](CO)NC[C@@H]1[C@@H]2C[C@@H]2CN1c1ncc(Cn2cc(NC(=O)c3cncc(-c4c(C(F)F)ccc(Cl)c4F)n3)cn2)cn1. The summed E-state index contributed by atoms with van der Waals surface area (Å²) in [6, 6.07) is 2.37. The maximum Gasteiger partial charge on any atom is 0.275 e. The van der Waals surface area contributed by atoms with Gasteiger partial charge in [-0.15, -0.1) is 0 Å². The minimum Gasteiger partial charge on any atom is -0.395 e. The van der Waals surface area contributed by atoms with Crippen LogP contribution in [0.15, 0.2) is 49.3 Å². The number of nitrogens with zero attached hydrogens (tertiary/aromatic N) is 7. The summed E-state index contributed by atoms with van der Waals surface area (Å²) in [4.78, 5) is 32.3. The zero-order valence-corrected chi connectivity index (χ0v) is 24.3. The van der Waals surface area contributed by atoms with E-state index in [1.165, 1.54) is 12.6 Å². The summed E-state index contributed by atoms with van der Waals surface area (Å²) in [6.45, 7) is 4.06. The molecular formula is C29H29ClF3N9O2. The number of aromatic nitrogens is 6. The third-order valence-electron chi connectivity index (χ3n) is 7.92. The van der Waals surface area contributed by atoms with E-state index in [1.54, 1.807) is 23.3 Å². The van der Waals surface area contributed by atoms with Gasteiger partial charge < -0.3 is 20.6 Å². The number of aliphatic hydroxyl groups excluding tert-OH is 1. The second-order valence-electron chi connectivity index (χ2n) is 11.1. The van der Waals surface area contributed by atoms with Crippen LogP contribution < -0.4 is 15.5 Å². The molecule has 0 unspecified atom stereocenters. The highest BCUT2D eigenvalue weighted by Crippen LogP contribution is 2.50. The van der Waals surface area contributed by atoms with Crippen molar-refractivity contribution in [1.29, 1.82) is 0 Å². The molecule has 0 spiro atoms. The number of carbonyl (C=O) groups is 1. The molecule has 11 nitrogen and oxygen atoms in total. The molecule has 2 aliphatic rings. The molecule has 1 amide bonds. The van der Waals surface area contributed by atoms with Gasteiger partial charge in [0.2, 0.25) is 5.95 Å². The number of carbonyl (C=O) groups excluding carboxylic acids is 1. The van der Waals surface area contributed by atoms with Crippen molar-refractivity contribution in [2.75, 3.05) is 29.9 Å². The van der Waals surface area contributed by atoms with Gasteiger partial charge in [-0.25, -0.2) is 28.1 Å². The largest absolute Gasteiger partial charge is 0.395 e. The summed E-state index contributed by atoms with van der Waals surface area (Å²) >= 11 is 5.81. The Morgan fingerprint density at radius 1 is 1.18 bits per heavy atom. The summed E-state index contributed by atoms with van der Waals surface area (Å²) in [5.74, 6) is 0.189. The van der Waals surface area contributed by atoms with Gasteiger partial charge in [0, 0.05) is 60.5 Å². The molecular weight excluding hydrogens is 599 g/mol. The number of nitrogens with one attached hydrogen (secondary N) is 2. The molecule has 1 aromatic carbocycles. The van der Waals surface area contributed by atoms with E-state index in [2.05, 4.69) is 40.6 Å². The van der Waals surface area contributed by atoms with Crippen molar-refractivity contribution >= 4 is 29.1 Å². The van der Waals surface area contributed by atoms with Crippen LogP contribution in [0, 0.1) is 17.7 Å². The first-order chi connectivity index (χ1) is 21.2. The Morgan fingerprint density at radius 2 is 1.98 bits per heavy atom. The number of benzene rings is 1. The molecule has 15 heteroatoms. The molecule has 4 aromatic rings. The number of halogens is 4. The van der Waals surface area contributed by atoms with E-state index in [4.69, 9.17) is 11.6 Å². The highest BCUT2D eigenvalue weighted by atomic mass is 35.5. The monoisotopic (exact) mass is 627 g/mol. The van der Waals surface area contributed by atoms with Gasteiger partial charge in [-0.1, -0.05) is 17.7 Å². The lowest BCUT2D eigenvalue weighted by Crippen LogP contribution is -2.45. The molecule has 1 saturated heterocycles. The lowest BCUT2D eigenvalue weighted by molar-refractivity contribution is 0.102. The summed E-state index contributed by atoms with van der Waals surface area (Å²) in [6.07, 6.45) is 6.99. The van der Waals surface area contributed by atoms with Crippen LogP contribution in [0.5, 0.6) is 0 Å². The minimum absolute atomic E-state index is 0.0272. The molecule has 230 valence electrons. The van der Waals surface area contributed by atoms with Crippen molar-refractivity contribution in [3.8, 4) is 11.3 Å². The van der Waals surface area contributed by atoms with Gasteiger partial charge in [-0.2, -0.15) is 5.10 Å². The molecule has 3 N–H and O–H groups in total. The molecule has 0 bridgehead atoms. The third kappa shape index (κ3) is 6.23. The average molecular weight is 628 g/mol. The van der Waals surface area contributed by atoms with Crippen molar-refractivity contribution in [3.63, 3.8) is 0 Å². The van der Waals surface area contributed by atoms with Gasteiger partial charge in [-0.3, -0.25) is 14.5 Å². The van der Waals surface area contributed by atoms with E-state index in [-0.39, 0.29) is 29.1 Å². The number of anilines is 2. The van der Waals surface area contributed by atoms with Crippen LogP contribution in [0.2, 0.25) is 5.02 Å². The summed E-state index contributed by atoms with van der Waals surface area (Å²) in [5.41, 5.74) is -0.428. The number of hydrogen-bond donors (Lipinski definition) is 3. The Balaban J connectivity index is 1.10. The van der Waals surface area contributed by atoms with Crippen LogP contribution in [0.25, 0.3) is 11.3 Å². The lowest BCUT2D eigenvalue weighted by atomic mass is 10.0. The van der Waals surface area contributed by atoms with Crippen LogP contribution >= 0.6 is 11.6 Å². The molecule has 4 heterocycles. The number of alkyl halides is 2. The van der Waals surface area contributed by atoms with Crippen LogP contribution in [-0.4, -0.2) is 72.5 Å². The van der Waals surface area contributed by atoms with Gasteiger partial charge in [0.25, 0.3) is 12.3 Å². The summed E-state index contributed by atoms with van der Waals surface area (Å²) < 4.78 is 43.4. The Kier molecular flexibility index (Phi) is 8.47. The van der Waals surface area contributed by atoms with Crippen LogP contribution in [-0.2, 0) is 6.54 Å². The van der Waals surface area contributed by atoms with E-state index in [1.807, 2.05) is 6.92 Å². The third-order valence-corrected chi connectivity index (χ3v) is 8.21. The quantitative estimate of drug-likeness (QED) is 0.226. The van der Waals surface area contributed by atoms with Gasteiger partial charge >= 0.3 is 0 Å². The second-order valence-corrected chi connectivity index (χ2v) is 11.5. The molecule has 3 aromatic heterocycles. The summed E-state index contributed by atoms with van der Waals surface area (Å²) in [7, 11) is 0. The first-order valence-electron chi connectivity index (χ1n) is 14.1. The van der Waals surface area contributed by atoms with Crippen molar-refractivity contribution in [3.05, 3.63) is 77.0 Å². The maximum atomic E-state index is 14.7. The fourth-order valence-corrected chi connectivity index (χ4v) is 5.69. The number of rotatable bonds is 11. The van der Waals surface area contributed by atoms with Gasteiger partial charge in [0.1, 0.15) is 5.69 Å². The first-order valence-corrected chi connectivity index (χ1v) is 14.4. The molecule has 2 fully saturated rings. The number of aliphatic hydroxyl groups is 1. The number of hydrogen-bond acceptors (Lipinski definition) is 9. The standard InChI is InChI=1S/C29H29ClF3N9O2/c1-15(14-43)35-10-24-20-4-17(20)12-42(24)29-36-5-16(6-37-29)11-41-13-18(7-38-41)39-28(44)23-9-34-8-22(40-23)25-19(27(32)33)2-3-21(30)26(25)31/h2-3,5-9,13,15,17,20,24,27,35,43H,4,10-12,14H2,1H3,(H,39,44)/t15-,17-,20-,24-/m1/s1. The Labute approximate surface area is 255 Å². The number of fused-ring (bicyclic) bond motifs is 1.